The van der Waals surface area contributed by atoms with E-state index in [0.29, 0.717) is 24.3 Å². The maximum absolute atomic E-state index is 12.5. The molecule has 1 heterocycles. The zero-order valence-corrected chi connectivity index (χ0v) is 20.5. The van der Waals surface area contributed by atoms with E-state index >= 15 is 0 Å². The Kier molecular flexibility index (Phi) is 6.77. The lowest BCUT2D eigenvalue weighted by Gasteiger charge is -2.12. The average Bonchev–Trinajstić information content (AvgIpc) is 3.21. The van der Waals surface area contributed by atoms with Crippen molar-refractivity contribution in [2.24, 2.45) is 0 Å². The Morgan fingerprint density at radius 2 is 1.75 bits per heavy atom. The Hall–Kier alpha value is -2.90. The number of ether oxygens (including phenoxy) is 2. The first-order valence-electron chi connectivity index (χ1n) is 10.1. The van der Waals surface area contributed by atoms with Crippen LogP contribution in [0.2, 0.25) is 0 Å². The summed E-state index contributed by atoms with van der Waals surface area (Å²) >= 11 is 5.22. The van der Waals surface area contributed by atoms with Crippen LogP contribution in [0, 0.1) is 6.92 Å². The van der Waals surface area contributed by atoms with Gasteiger partial charge in [0.1, 0.15) is 5.01 Å². The maximum Gasteiger partial charge on any atom is 0.224 e. The number of fused-ring (bicyclic) bond motifs is 1. The minimum Gasteiger partial charge on any atom is -0.493 e. The molecule has 1 aromatic heterocycles. The molecule has 0 aliphatic carbocycles. The van der Waals surface area contributed by atoms with Gasteiger partial charge in [0.05, 0.1) is 24.4 Å². The van der Waals surface area contributed by atoms with Gasteiger partial charge in [0.25, 0.3) is 0 Å². The fourth-order valence-electron chi connectivity index (χ4n) is 3.41. The summed E-state index contributed by atoms with van der Waals surface area (Å²) < 4.78 is 12.7. The van der Waals surface area contributed by atoms with E-state index in [4.69, 9.17) is 14.5 Å². The molecule has 0 aliphatic rings. The van der Waals surface area contributed by atoms with Crippen molar-refractivity contribution in [2.45, 2.75) is 19.8 Å². The quantitative estimate of drug-likeness (QED) is 0.303. The molecule has 0 spiro atoms. The zero-order valence-electron chi connectivity index (χ0n) is 18.1. The molecule has 1 N–H and O–H groups in total. The molecule has 0 fully saturated rings. The van der Waals surface area contributed by atoms with Crippen LogP contribution in [-0.4, -0.2) is 25.1 Å². The molecule has 4 rings (SSSR count). The summed E-state index contributed by atoms with van der Waals surface area (Å²) in [6.45, 7) is 2.08. The van der Waals surface area contributed by atoms with Crippen LogP contribution in [0.5, 0.6) is 11.5 Å². The number of carbonyl (C=O) groups is 1. The van der Waals surface area contributed by atoms with E-state index in [0.717, 1.165) is 31.8 Å². The van der Waals surface area contributed by atoms with Gasteiger partial charge in [0.15, 0.2) is 11.5 Å². The molecule has 3 aromatic carbocycles. The normalized spacial score (nSPS) is 10.9. The monoisotopic (exact) mass is 510 g/mol. The predicted molar refractivity (Wildman–Crippen MR) is 134 cm³/mol. The standard InChI is InChI=1S/C25H23BrN2O3S/c1-15-4-10-20-23(12-15)32-25(28-20)16-5-8-18(9-6-16)27-24(29)11-7-17-13-21(30-2)22(31-3)14-19(17)26/h4-6,8-10,12-14H,7,11H2,1-3H3,(H,27,29). The van der Waals surface area contributed by atoms with Crippen molar-refractivity contribution >= 4 is 49.1 Å². The van der Waals surface area contributed by atoms with Crippen molar-refractivity contribution in [3.8, 4) is 22.1 Å². The lowest BCUT2D eigenvalue weighted by molar-refractivity contribution is -0.116. The predicted octanol–water partition coefficient (Wildman–Crippen LogP) is 6.62. The third-order valence-electron chi connectivity index (χ3n) is 5.13. The van der Waals surface area contributed by atoms with Crippen LogP contribution < -0.4 is 14.8 Å². The fourth-order valence-corrected chi connectivity index (χ4v) is 5.00. The number of hydrogen-bond donors (Lipinski definition) is 1. The molecular weight excluding hydrogens is 488 g/mol. The van der Waals surface area contributed by atoms with Crippen molar-refractivity contribution in [3.63, 3.8) is 0 Å². The number of hydrogen-bond acceptors (Lipinski definition) is 5. The number of methoxy groups -OCH3 is 2. The molecular formula is C25H23BrN2O3S. The number of thiazole rings is 1. The van der Waals surface area contributed by atoms with Gasteiger partial charge < -0.3 is 14.8 Å². The molecule has 0 saturated heterocycles. The third-order valence-corrected chi connectivity index (χ3v) is 6.94. The van der Waals surface area contributed by atoms with Crippen LogP contribution >= 0.6 is 27.3 Å². The summed E-state index contributed by atoms with van der Waals surface area (Å²) in [4.78, 5) is 17.2. The van der Waals surface area contributed by atoms with E-state index in [1.807, 2.05) is 36.4 Å². The highest BCUT2D eigenvalue weighted by atomic mass is 79.9. The smallest absolute Gasteiger partial charge is 0.224 e. The zero-order chi connectivity index (χ0) is 22.7. The first-order valence-corrected chi connectivity index (χ1v) is 11.8. The van der Waals surface area contributed by atoms with Gasteiger partial charge in [0.2, 0.25) is 5.91 Å². The number of anilines is 1. The second kappa shape index (κ2) is 9.71. The van der Waals surface area contributed by atoms with Gasteiger partial charge in [-0.25, -0.2) is 4.98 Å². The highest BCUT2D eigenvalue weighted by molar-refractivity contribution is 9.10. The summed E-state index contributed by atoms with van der Waals surface area (Å²) in [5, 5.41) is 3.94. The summed E-state index contributed by atoms with van der Waals surface area (Å²) in [6, 6.07) is 17.8. The van der Waals surface area contributed by atoms with E-state index in [1.165, 1.54) is 10.3 Å². The van der Waals surface area contributed by atoms with Gasteiger partial charge in [0, 0.05) is 22.1 Å². The second-order valence-electron chi connectivity index (χ2n) is 7.41. The number of amides is 1. The Morgan fingerprint density at radius 1 is 1.03 bits per heavy atom. The summed E-state index contributed by atoms with van der Waals surface area (Å²) in [7, 11) is 3.20. The van der Waals surface area contributed by atoms with Crippen molar-refractivity contribution < 1.29 is 14.3 Å². The molecule has 1 amide bonds. The number of rotatable bonds is 7. The van der Waals surface area contributed by atoms with Crippen LogP contribution in [0.1, 0.15) is 17.5 Å². The van der Waals surface area contributed by atoms with Gasteiger partial charge in [-0.1, -0.05) is 22.0 Å². The van der Waals surface area contributed by atoms with E-state index < -0.39 is 0 Å². The van der Waals surface area contributed by atoms with Crippen LogP contribution in [0.3, 0.4) is 0 Å². The van der Waals surface area contributed by atoms with Crippen molar-refractivity contribution in [1.29, 1.82) is 0 Å². The van der Waals surface area contributed by atoms with Gasteiger partial charge in [-0.05, 0) is 73.0 Å². The lowest BCUT2D eigenvalue weighted by atomic mass is 10.1. The molecule has 0 unspecified atom stereocenters. The molecule has 0 aliphatic heterocycles. The van der Waals surface area contributed by atoms with Gasteiger partial charge in [-0.3, -0.25) is 4.79 Å². The number of nitrogens with one attached hydrogen (secondary N) is 1. The topological polar surface area (TPSA) is 60.5 Å². The SMILES string of the molecule is COc1cc(Br)c(CCC(=O)Nc2ccc(-c3nc4ccc(C)cc4s3)cc2)cc1OC. The Morgan fingerprint density at radius 3 is 2.47 bits per heavy atom. The Bertz CT molecular complexity index is 1270. The number of benzene rings is 3. The highest BCUT2D eigenvalue weighted by Gasteiger charge is 2.12. The van der Waals surface area contributed by atoms with Crippen molar-refractivity contribution in [3.05, 3.63) is 70.2 Å². The largest absolute Gasteiger partial charge is 0.493 e. The van der Waals surface area contributed by atoms with Crippen molar-refractivity contribution in [1.82, 2.24) is 4.98 Å². The van der Waals surface area contributed by atoms with Crippen LogP contribution in [0.15, 0.2) is 59.1 Å². The average molecular weight is 511 g/mol. The van der Waals surface area contributed by atoms with E-state index in [-0.39, 0.29) is 5.91 Å². The minimum atomic E-state index is -0.0464. The number of halogens is 1. The number of nitrogens with zero attached hydrogens (tertiary/aromatic N) is 1. The molecule has 164 valence electrons. The van der Waals surface area contributed by atoms with Gasteiger partial charge in [-0.15, -0.1) is 11.3 Å². The molecule has 32 heavy (non-hydrogen) atoms. The highest BCUT2D eigenvalue weighted by Crippen LogP contribution is 2.34. The molecule has 4 aromatic rings. The molecule has 0 saturated carbocycles. The first kappa shape index (κ1) is 22.3. The molecule has 5 nitrogen and oxygen atoms in total. The molecule has 0 radical (unpaired) electrons. The first-order chi connectivity index (χ1) is 15.5. The Balaban J connectivity index is 1.39. The van der Waals surface area contributed by atoms with E-state index in [9.17, 15) is 4.79 Å². The number of aryl methyl sites for hydroxylation is 2. The summed E-state index contributed by atoms with van der Waals surface area (Å²) in [5.74, 6) is 1.25. The van der Waals surface area contributed by atoms with E-state index in [2.05, 4.69) is 46.4 Å². The van der Waals surface area contributed by atoms with Gasteiger partial charge in [-0.2, -0.15) is 0 Å². The van der Waals surface area contributed by atoms with Crippen LogP contribution in [0.25, 0.3) is 20.8 Å². The summed E-state index contributed by atoms with van der Waals surface area (Å²) in [5.41, 5.74) is 5.03. The van der Waals surface area contributed by atoms with Gasteiger partial charge >= 0.3 is 0 Å². The number of aromatic nitrogens is 1. The second-order valence-corrected chi connectivity index (χ2v) is 9.30. The molecule has 0 bridgehead atoms. The molecule has 7 heteroatoms. The van der Waals surface area contributed by atoms with Crippen LogP contribution in [0.4, 0.5) is 5.69 Å². The van der Waals surface area contributed by atoms with E-state index in [1.54, 1.807) is 25.6 Å². The fraction of sp³-hybridized carbons (Fsp3) is 0.200. The van der Waals surface area contributed by atoms with Crippen LogP contribution in [-0.2, 0) is 11.2 Å². The minimum absolute atomic E-state index is 0.0464. The van der Waals surface area contributed by atoms with Crippen molar-refractivity contribution in [2.75, 3.05) is 19.5 Å². The summed E-state index contributed by atoms with van der Waals surface area (Å²) in [6.07, 6.45) is 0.934. The lowest BCUT2D eigenvalue weighted by Crippen LogP contribution is -2.12. The number of carbonyl (C=O) groups excluding carboxylic acids is 1. The maximum atomic E-state index is 12.5. The Labute approximate surface area is 199 Å². The molecule has 0 atom stereocenters. The third kappa shape index (κ3) is 4.95.